The van der Waals surface area contributed by atoms with E-state index in [4.69, 9.17) is 0 Å². The quantitative estimate of drug-likeness (QED) is 0.317. The normalized spacial score (nSPS) is 9.50. The van der Waals surface area contributed by atoms with Crippen LogP contribution in [-0.2, 0) is 0 Å². The molecular weight excluding hydrogens is 150 g/mol. The fourth-order valence-electron chi connectivity index (χ4n) is 0.0398. The molecule has 6 heavy (non-hydrogen) atoms. The summed E-state index contributed by atoms with van der Waals surface area (Å²) in [5, 5.41) is 9.23. The SMILES string of the molecule is O=[N+]([O-])/[C]=C/Br. The highest BCUT2D eigenvalue weighted by molar-refractivity contribution is 9.11. The van der Waals surface area contributed by atoms with E-state index in [-0.39, 0.29) is 0 Å². The van der Waals surface area contributed by atoms with Gasteiger partial charge in [-0.2, -0.15) is 0 Å². The van der Waals surface area contributed by atoms with Gasteiger partial charge in [0.1, 0.15) is 0 Å². The van der Waals surface area contributed by atoms with Crippen molar-refractivity contribution >= 4 is 15.9 Å². The smallest absolute Gasteiger partial charge is 0.258 e. The van der Waals surface area contributed by atoms with Crippen LogP contribution >= 0.6 is 15.9 Å². The zero-order valence-electron chi connectivity index (χ0n) is 2.72. The van der Waals surface area contributed by atoms with Gasteiger partial charge in [-0.25, -0.2) is 0 Å². The molecule has 0 aromatic rings. The van der Waals surface area contributed by atoms with Gasteiger partial charge < -0.3 is 0 Å². The van der Waals surface area contributed by atoms with Crippen molar-refractivity contribution in [3.8, 4) is 0 Å². The van der Waals surface area contributed by atoms with Gasteiger partial charge in [-0.1, -0.05) is 15.9 Å². The van der Waals surface area contributed by atoms with Gasteiger partial charge in [0.15, 0.2) is 0 Å². The first kappa shape index (κ1) is 5.62. The molecule has 0 fully saturated rings. The maximum absolute atomic E-state index is 9.23. The molecule has 0 unspecified atom stereocenters. The van der Waals surface area contributed by atoms with Gasteiger partial charge in [-0.05, 0) is 0 Å². The number of nitro groups is 1. The average Bonchev–Trinajstić information content (AvgIpc) is 1.35. The van der Waals surface area contributed by atoms with Crippen LogP contribution in [0, 0.1) is 16.3 Å². The summed E-state index contributed by atoms with van der Waals surface area (Å²) in [6, 6.07) is 0. The lowest BCUT2D eigenvalue weighted by Crippen LogP contribution is -1.80. The Bertz CT molecular complexity index is 79.6. The first-order valence-corrected chi connectivity index (χ1v) is 2.01. The highest BCUT2D eigenvalue weighted by Crippen LogP contribution is 1.78. The van der Waals surface area contributed by atoms with Crippen molar-refractivity contribution in [3.63, 3.8) is 0 Å². The molecule has 0 aromatic carbocycles. The lowest BCUT2D eigenvalue weighted by atomic mass is 11.1. The Balaban J connectivity index is 3.30. The minimum Gasteiger partial charge on any atom is -0.258 e. The van der Waals surface area contributed by atoms with E-state index in [0.29, 0.717) is 0 Å². The van der Waals surface area contributed by atoms with E-state index in [9.17, 15) is 10.1 Å². The zero-order chi connectivity index (χ0) is 4.99. The van der Waals surface area contributed by atoms with Crippen LogP contribution in [0.1, 0.15) is 0 Å². The van der Waals surface area contributed by atoms with Crippen LogP contribution in [0.15, 0.2) is 4.99 Å². The number of nitrogens with zero attached hydrogens (tertiary/aromatic N) is 1. The minimum atomic E-state index is -0.672. The van der Waals surface area contributed by atoms with Gasteiger partial charge in [0.2, 0.25) is 0 Å². The molecule has 0 amide bonds. The summed E-state index contributed by atoms with van der Waals surface area (Å²) < 4.78 is 0. The van der Waals surface area contributed by atoms with Crippen molar-refractivity contribution in [1.29, 1.82) is 0 Å². The Morgan fingerprint density at radius 1 is 2.00 bits per heavy atom. The fourth-order valence-corrected chi connectivity index (χ4v) is 0.207. The van der Waals surface area contributed by atoms with Gasteiger partial charge >= 0.3 is 6.20 Å². The highest BCUT2D eigenvalue weighted by Gasteiger charge is 1.79. The van der Waals surface area contributed by atoms with Gasteiger partial charge in [0.05, 0.1) is 9.91 Å². The van der Waals surface area contributed by atoms with Crippen LogP contribution in [-0.4, -0.2) is 4.92 Å². The van der Waals surface area contributed by atoms with Crippen LogP contribution in [0.2, 0.25) is 0 Å². The van der Waals surface area contributed by atoms with Crippen LogP contribution < -0.4 is 0 Å². The molecule has 0 N–H and O–H groups in total. The molecule has 0 atom stereocenters. The lowest BCUT2D eigenvalue weighted by Gasteiger charge is -1.65. The molecule has 0 aliphatic rings. The van der Waals surface area contributed by atoms with E-state index in [1.54, 1.807) is 6.20 Å². The number of rotatable bonds is 1. The van der Waals surface area contributed by atoms with E-state index in [1.807, 2.05) is 0 Å². The molecule has 1 radical (unpaired) electrons. The Morgan fingerprint density at radius 2 is 2.50 bits per heavy atom. The molecule has 4 heteroatoms. The van der Waals surface area contributed by atoms with Crippen molar-refractivity contribution in [2.75, 3.05) is 0 Å². The maximum Gasteiger partial charge on any atom is 0.353 e. The zero-order valence-corrected chi connectivity index (χ0v) is 4.31. The van der Waals surface area contributed by atoms with Gasteiger partial charge in [-0.15, -0.1) is 0 Å². The summed E-state index contributed by atoms with van der Waals surface area (Å²) in [6.07, 6.45) is 1.72. The highest BCUT2D eigenvalue weighted by atomic mass is 79.9. The maximum atomic E-state index is 9.23. The molecule has 0 heterocycles. The summed E-state index contributed by atoms with van der Waals surface area (Å²) in [6.45, 7) is 0. The molecule has 0 spiro atoms. The van der Waals surface area contributed by atoms with Crippen molar-refractivity contribution in [2.24, 2.45) is 0 Å². The molecule has 0 bridgehead atoms. The topological polar surface area (TPSA) is 43.1 Å². The molecule has 0 aliphatic heterocycles. The number of halogens is 1. The molecule has 0 aliphatic carbocycles. The van der Waals surface area contributed by atoms with Crippen molar-refractivity contribution < 1.29 is 4.92 Å². The van der Waals surface area contributed by atoms with E-state index in [0.717, 1.165) is 4.99 Å². The molecule has 3 nitrogen and oxygen atoms in total. The summed E-state index contributed by atoms with van der Waals surface area (Å²) in [5.41, 5.74) is 0. The number of hydrogen-bond acceptors (Lipinski definition) is 2. The summed E-state index contributed by atoms with van der Waals surface area (Å²) >= 11 is 2.67. The largest absolute Gasteiger partial charge is 0.353 e. The van der Waals surface area contributed by atoms with E-state index >= 15 is 0 Å². The predicted molar refractivity (Wildman–Crippen MR) is 23.7 cm³/mol. The third-order valence-electron chi connectivity index (χ3n) is 0.154. The molecular formula is C2HBrNO2. The molecule has 0 aromatic heterocycles. The molecule has 0 saturated heterocycles. The number of hydrogen-bond donors (Lipinski definition) is 0. The third kappa shape index (κ3) is 3.62. The van der Waals surface area contributed by atoms with Crippen molar-refractivity contribution in [1.82, 2.24) is 0 Å². The van der Waals surface area contributed by atoms with Crippen LogP contribution in [0.4, 0.5) is 0 Å². The van der Waals surface area contributed by atoms with Gasteiger partial charge in [0.25, 0.3) is 0 Å². The van der Waals surface area contributed by atoms with E-state index < -0.39 is 4.92 Å². The Labute approximate surface area is 42.9 Å². The van der Waals surface area contributed by atoms with E-state index in [1.165, 1.54) is 0 Å². The summed E-state index contributed by atoms with van der Waals surface area (Å²) in [5.74, 6) is 0. The lowest BCUT2D eigenvalue weighted by molar-refractivity contribution is -0.419. The average molecular weight is 151 g/mol. The third-order valence-corrected chi connectivity index (χ3v) is 0.359. The monoisotopic (exact) mass is 150 g/mol. The van der Waals surface area contributed by atoms with Crippen LogP contribution in [0.5, 0.6) is 0 Å². The first-order valence-electron chi connectivity index (χ1n) is 1.10. The summed E-state index contributed by atoms with van der Waals surface area (Å²) in [4.78, 5) is 9.62. The van der Waals surface area contributed by atoms with Crippen molar-refractivity contribution in [3.05, 3.63) is 21.3 Å². The van der Waals surface area contributed by atoms with Crippen molar-refractivity contribution in [2.45, 2.75) is 0 Å². The first-order chi connectivity index (χ1) is 2.77. The summed E-state index contributed by atoms with van der Waals surface area (Å²) in [7, 11) is 0. The predicted octanol–water partition coefficient (Wildman–Crippen LogP) is 0.932. The Morgan fingerprint density at radius 3 is 2.50 bits per heavy atom. The van der Waals surface area contributed by atoms with Gasteiger partial charge in [-0.3, -0.25) is 10.1 Å². The van der Waals surface area contributed by atoms with Crippen LogP contribution in [0.3, 0.4) is 0 Å². The minimum absolute atomic E-state index is 0.672. The molecule has 33 valence electrons. The van der Waals surface area contributed by atoms with Gasteiger partial charge in [0, 0.05) is 0 Å². The van der Waals surface area contributed by atoms with E-state index in [2.05, 4.69) is 15.9 Å². The molecule has 0 saturated carbocycles. The second kappa shape index (κ2) is 2.84. The molecule has 0 rings (SSSR count). The second-order valence-corrected chi connectivity index (χ2v) is 0.953. The Hall–Kier alpha value is -0.380. The van der Waals surface area contributed by atoms with Crippen LogP contribution in [0.25, 0.3) is 0 Å². The fraction of sp³-hybridized carbons (Fsp3) is 0. The Kier molecular flexibility index (Phi) is 2.66. The second-order valence-electron chi connectivity index (χ2n) is 0.495. The standard InChI is InChI=1S/C2HBrNO2/c3-1-2-4(5)6/h1H.